The number of carbonyl (C=O) groups excluding carboxylic acids is 2. The van der Waals surface area contributed by atoms with Gasteiger partial charge in [0.2, 0.25) is 5.91 Å². The van der Waals surface area contributed by atoms with Crippen LogP contribution in [0.2, 0.25) is 0 Å². The summed E-state index contributed by atoms with van der Waals surface area (Å²) in [6.07, 6.45) is 0. The molecular weight excluding hydrogens is 289 g/mol. The van der Waals surface area contributed by atoms with Crippen LogP contribution in [0.1, 0.15) is 17.3 Å². The maximum atomic E-state index is 13.7. The molecule has 7 heteroatoms. The van der Waals surface area contributed by atoms with Crippen LogP contribution in [-0.4, -0.2) is 37.6 Å². The van der Waals surface area contributed by atoms with Crippen LogP contribution in [0.25, 0.3) is 0 Å². The van der Waals surface area contributed by atoms with Crippen molar-refractivity contribution in [3.63, 3.8) is 0 Å². The van der Waals surface area contributed by atoms with E-state index in [4.69, 9.17) is 21.1 Å². The van der Waals surface area contributed by atoms with Gasteiger partial charge in [-0.1, -0.05) is 0 Å². The number of halogens is 2. The Morgan fingerprint density at radius 3 is 2.75 bits per heavy atom. The quantitative estimate of drug-likeness (QED) is 0.476. The number of amides is 1. The molecule has 0 aromatic heterocycles. The average Bonchev–Trinajstić information content (AvgIpc) is 2.41. The van der Waals surface area contributed by atoms with Crippen molar-refractivity contribution in [1.82, 2.24) is 0 Å². The number of rotatable bonds is 7. The smallest absolute Gasteiger partial charge is 0.338 e. The molecule has 20 heavy (non-hydrogen) atoms. The summed E-state index contributed by atoms with van der Waals surface area (Å²) in [5.74, 6) is -1.57. The van der Waals surface area contributed by atoms with Crippen LogP contribution >= 0.6 is 11.6 Å². The third kappa shape index (κ3) is 5.14. The fraction of sp³-hybridized carbons (Fsp3) is 0.385. The number of nitrogens with one attached hydrogen (secondary N) is 1. The van der Waals surface area contributed by atoms with Gasteiger partial charge in [-0.05, 0) is 25.1 Å². The van der Waals surface area contributed by atoms with Gasteiger partial charge in [0, 0.05) is 5.88 Å². The van der Waals surface area contributed by atoms with E-state index in [1.54, 1.807) is 6.92 Å². The molecule has 1 N–H and O–H groups in total. The van der Waals surface area contributed by atoms with E-state index in [0.717, 1.165) is 6.07 Å². The van der Waals surface area contributed by atoms with Gasteiger partial charge in [0.15, 0.2) is 0 Å². The fourth-order valence-corrected chi connectivity index (χ4v) is 1.47. The van der Waals surface area contributed by atoms with E-state index in [-0.39, 0.29) is 37.0 Å². The van der Waals surface area contributed by atoms with Gasteiger partial charge in [0.25, 0.3) is 0 Å². The maximum Gasteiger partial charge on any atom is 0.338 e. The molecule has 0 spiro atoms. The summed E-state index contributed by atoms with van der Waals surface area (Å²) in [6, 6.07) is 3.67. The largest absolute Gasteiger partial charge is 0.462 e. The summed E-state index contributed by atoms with van der Waals surface area (Å²) >= 11 is 5.38. The Balaban J connectivity index is 2.64. The van der Waals surface area contributed by atoms with Crippen LogP contribution < -0.4 is 5.32 Å². The molecule has 1 rings (SSSR count). The molecule has 1 aromatic rings. The molecule has 0 atom stereocenters. The third-order valence-electron chi connectivity index (χ3n) is 2.21. The molecule has 0 heterocycles. The molecule has 110 valence electrons. The Bertz CT molecular complexity index is 481. The van der Waals surface area contributed by atoms with Gasteiger partial charge in [0.1, 0.15) is 12.4 Å². The van der Waals surface area contributed by atoms with Gasteiger partial charge < -0.3 is 14.8 Å². The fourth-order valence-electron chi connectivity index (χ4n) is 1.36. The topological polar surface area (TPSA) is 64.6 Å². The van der Waals surface area contributed by atoms with Crippen molar-refractivity contribution in [2.45, 2.75) is 6.92 Å². The van der Waals surface area contributed by atoms with Crippen molar-refractivity contribution >= 4 is 29.2 Å². The number of carbonyl (C=O) groups is 2. The first kappa shape index (κ1) is 16.4. The maximum absolute atomic E-state index is 13.7. The Morgan fingerprint density at radius 1 is 1.40 bits per heavy atom. The SMILES string of the molecule is CCOC(=O)c1ccc(NC(=O)COCCCl)c(F)c1. The van der Waals surface area contributed by atoms with Gasteiger partial charge in [-0.3, -0.25) is 4.79 Å². The predicted octanol–water partition coefficient (Wildman–Crippen LogP) is 2.20. The second kappa shape index (κ2) is 8.50. The number of anilines is 1. The Morgan fingerprint density at radius 2 is 2.15 bits per heavy atom. The molecule has 0 aliphatic carbocycles. The first-order valence-corrected chi connectivity index (χ1v) is 6.52. The molecule has 5 nitrogen and oxygen atoms in total. The second-order valence-electron chi connectivity index (χ2n) is 3.70. The molecule has 1 amide bonds. The van der Waals surface area contributed by atoms with Crippen LogP contribution in [0.4, 0.5) is 10.1 Å². The Labute approximate surface area is 121 Å². The number of esters is 1. The Kier molecular flexibility index (Phi) is 6.97. The highest BCUT2D eigenvalue weighted by molar-refractivity contribution is 6.18. The van der Waals surface area contributed by atoms with Gasteiger partial charge in [-0.2, -0.15) is 0 Å². The number of hydrogen-bond donors (Lipinski definition) is 1. The van der Waals surface area contributed by atoms with Crippen LogP contribution in [0.15, 0.2) is 18.2 Å². The van der Waals surface area contributed by atoms with Crippen LogP contribution in [0.3, 0.4) is 0 Å². The molecule has 0 unspecified atom stereocenters. The Hall–Kier alpha value is -1.66. The van der Waals surface area contributed by atoms with Crippen molar-refractivity contribution in [2.24, 2.45) is 0 Å². The zero-order valence-corrected chi connectivity index (χ0v) is 11.7. The van der Waals surface area contributed by atoms with Crippen molar-refractivity contribution in [1.29, 1.82) is 0 Å². The number of alkyl halides is 1. The summed E-state index contributed by atoms with van der Waals surface area (Å²) in [6.45, 7) is 1.88. The summed E-state index contributed by atoms with van der Waals surface area (Å²) < 4.78 is 23.4. The minimum absolute atomic E-state index is 0.0301. The standard InChI is InChI=1S/C13H15ClFNO4/c1-2-20-13(18)9-3-4-11(10(15)7-9)16-12(17)8-19-6-5-14/h3-4,7H,2,5-6,8H2,1H3,(H,16,17). The first-order chi connectivity index (χ1) is 9.58. The molecule has 0 fully saturated rings. The third-order valence-corrected chi connectivity index (χ3v) is 2.36. The lowest BCUT2D eigenvalue weighted by molar-refractivity contribution is -0.120. The van der Waals surface area contributed by atoms with Gasteiger partial charge >= 0.3 is 5.97 Å². The zero-order chi connectivity index (χ0) is 15.0. The molecule has 0 aliphatic rings. The lowest BCUT2D eigenvalue weighted by atomic mass is 10.2. The molecule has 0 radical (unpaired) electrons. The number of benzene rings is 1. The van der Waals surface area contributed by atoms with Crippen molar-refractivity contribution in [2.75, 3.05) is 31.0 Å². The van der Waals surface area contributed by atoms with Gasteiger partial charge in [-0.25, -0.2) is 9.18 Å². The van der Waals surface area contributed by atoms with E-state index in [0.29, 0.717) is 0 Å². The van der Waals surface area contributed by atoms with E-state index < -0.39 is 17.7 Å². The van der Waals surface area contributed by atoms with Crippen molar-refractivity contribution in [3.05, 3.63) is 29.6 Å². The first-order valence-electron chi connectivity index (χ1n) is 5.98. The van der Waals surface area contributed by atoms with Crippen LogP contribution in [0.5, 0.6) is 0 Å². The summed E-state index contributed by atoms with van der Waals surface area (Å²) in [7, 11) is 0. The molecule has 0 bridgehead atoms. The monoisotopic (exact) mass is 303 g/mol. The molecular formula is C13H15ClFNO4. The van der Waals surface area contributed by atoms with E-state index in [2.05, 4.69) is 5.32 Å². The van der Waals surface area contributed by atoms with Gasteiger partial charge in [-0.15, -0.1) is 11.6 Å². The van der Waals surface area contributed by atoms with E-state index in [1.165, 1.54) is 12.1 Å². The average molecular weight is 304 g/mol. The summed E-state index contributed by atoms with van der Waals surface area (Å²) in [4.78, 5) is 22.8. The highest BCUT2D eigenvalue weighted by atomic mass is 35.5. The zero-order valence-electron chi connectivity index (χ0n) is 10.9. The molecule has 1 aromatic carbocycles. The van der Waals surface area contributed by atoms with E-state index >= 15 is 0 Å². The van der Waals surface area contributed by atoms with Gasteiger partial charge in [0.05, 0.1) is 24.5 Å². The van der Waals surface area contributed by atoms with E-state index in [9.17, 15) is 14.0 Å². The second-order valence-corrected chi connectivity index (χ2v) is 4.08. The molecule has 0 aliphatic heterocycles. The minimum atomic E-state index is -0.721. The lowest BCUT2D eigenvalue weighted by Gasteiger charge is -2.08. The van der Waals surface area contributed by atoms with Crippen LogP contribution in [-0.2, 0) is 14.3 Å². The van der Waals surface area contributed by atoms with Crippen LogP contribution in [0, 0.1) is 5.82 Å². The highest BCUT2D eigenvalue weighted by Crippen LogP contribution is 2.16. The predicted molar refractivity (Wildman–Crippen MR) is 72.5 cm³/mol. The normalized spacial score (nSPS) is 10.2. The highest BCUT2D eigenvalue weighted by Gasteiger charge is 2.12. The number of hydrogen-bond acceptors (Lipinski definition) is 4. The van der Waals surface area contributed by atoms with E-state index in [1.807, 2.05) is 0 Å². The minimum Gasteiger partial charge on any atom is -0.462 e. The van der Waals surface area contributed by atoms with Crippen molar-refractivity contribution < 1.29 is 23.5 Å². The lowest BCUT2D eigenvalue weighted by Crippen LogP contribution is -2.19. The number of ether oxygens (including phenoxy) is 2. The molecule has 0 saturated heterocycles. The summed E-state index contributed by atoms with van der Waals surface area (Å²) in [5.41, 5.74) is 0.0539. The molecule has 0 saturated carbocycles. The summed E-state index contributed by atoms with van der Waals surface area (Å²) in [5, 5.41) is 2.33. The van der Waals surface area contributed by atoms with Crippen molar-refractivity contribution in [3.8, 4) is 0 Å².